The number of ketones is 1. The van der Waals surface area contributed by atoms with Crippen molar-refractivity contribution in [1.29, 1.82) is 0 Å². The molecule has 0 radical (unpaired) electrons. The Hall–Kier alpha value is -1.31. The molecule has 2 nitrogen and oxygen atoms in total. The first-order chi connectivity index (χ1) is 9.71. The lowest BCUT2D eigenvalue weighted by atomic mass is 9.58. The molecule has 2 aliphatic carbocycles. The summed E-state index contributed by atoms with van der Waals surface area (Å²) in [6.07, 6.45) is 10.1. The van der Waals surface area contributed by atoms with Gasteiger partial charge in [-0.2, -0.15) is 0 Å². The van der Waals surface area contributed by atoms with Gasteiger partial charge in [-0.1, -0.05) is 31.4 Å². The summed E-state index contributed by atoms with van der Waals surface area (Å²) in [5, 5.41) is 9.54. The summed E-state index contributed by atoms with van der Waals surface area (Å²) in [6, 6.07) is 7.85. The van der Waals surface area contributed by atoms with E-state index in [0.717, 1.165) is 25.7 Å². The first kappa shape index (κ1) is 13.7. The number of aromatic hydroxyl groups is 1. The van der Waals surface area contributed by atoms with Gasteiger partial charge in [-0.15, -0.1) is 0 Å². The summed E-state index contributed by atoms with van der Waals surface area (Å²) < 4.78 is 0. The van der Waals surface area contributed by atoms with Gasteiger partial charge in [-0.05, 0) is 54.7 Å². The maximum absolute atomic E-state index is 11.5. The smallest absolute Gasteiger partial charge is 0.132 e. The predicted octanol–water partition coefficient (Wildman–Crippen LogP) is 4.35. The molecule has 108 valence electrons. The normalized spacial score (nSPS) is 23.7. The third-order valence-corrected chi connectivity index (χ3v) is 5.51. The van der Waals surface area contributed by atoms with Crippen molar-refractivity contribution in [3.63, 3.8) is 0 Å². The zero-order valence-electron chi connectivity index (χ0n) is 12.1. The molecular weight excluding hydrogens is 248 g/mol. The molecule has 0 amide bonds. The zero-order valence-corrected chi connectivity index (χ0v) is 12.1. The van der Waals surface area contributed by atoms with E-state index < -0.39 is 0 Å². The van der Waals surface area contributed by atoms with Gasteiger partial charge in [0.1, 0.15) is 11.5 Å². The highest BCUT2D eigenvalue weighted by Crippen LogP contribution is 2.49. The van der Waals surface area contributed by atoms with Crippen molar-refractivity contribution >= 4 is 5.78 Å². The molecule has 2 aliphatic rings. The number of carbonyl (C=O) groups excluding carboxylic acids is 1. The van der Waals surface area contributed by atoms with Crippen LogP contribution < -0.4 is 0 Å². The topological polar surface area (TPSA) is 37.3 Å². The summed E-state index contributed by atoms with van der Waals surface area (Å²) in [7, 11) is 0. The first-order valence-electron chi connectivity index (χ1n) is 8.02. The molecule has 2 fully saturated rings. The molecule has 1 N–H and O–H groups in total. The van der Waals surface area contributed by atoms with Gasteiger partial charge in [-0.3, -0.25) is 4.79 Å². The zero-order chi connectivity index (χ0) is 14.0. The Morgan fingerprint density at radius 2 is 1.55 bits per heavy atom. The maximum atomic E-state index is 11.5. The molecule has 0 saturated heterocycles. The summed E-state index contributed by atoms with van der Waals surface area (Å²) in [4.78, 5) is 11.5. The van der Waals surface area contributed by atoms with E-state index >= 15 is 0 Å². The number of benzene rings is 1. The van der Waals surface area contributed by atoms with Crippen LogP contribution in [-0.4, -0.2) is 10.9 Å². The average molecular weight is 272 g/mol. The van der Waals surface area contributed by atoms with Gasteiger partial charge in [0, 0.05) is 12.8 Å². The molecule has 2 heteroatoms. The summed E-state index contributed by atoms with van der Waals surface area (Å²) in [5.74, 6) is 1.43. The van der Waals surface area contributed by atoms with Crippen molar-refractivity contribution in [1.82, 2.24) is 0 Å². The van der Waals surface area contributed by atoms with Crippen molar-refractivity contribution in [2.45, 2.75) is 63.2 Å². The number of hydrogen-bond donors (Lipinski definition) is 1. The second-order valence-electron chi connectivity index (χ2n) is 6.58. The van der Waals surface area contributed by atoms with E-state index in [4.69, 9.17) is 0 Å². The molecule has 2 saturated carbocycles. The monoisotopic (exact) mass is 272 g/mol. The van der Waals surface area contributed by atoms with Gasteiger partial charge < -0.3 is 5.11 Å². The second kappa shape index (κ2) is 5.59. The van der Waals surface area contributed by atoms with E-state index in [1.54, 1.807) is 0 Å². The number of Topliss-reactive ketones (excluding diaryl/α,β-unsaturated/α-hetero) is 1. The second-order valence-corrected chi connectivity index (χ2v) is 6.58. The Morgan fingerprint density at radius 3 is 2.15 bits per heavy atom. The standard InChI is InChI=1S/C18H24O2/c19-16-8-4-14(5-9-16)18(12-2-1-3-13-18)15-6-10-17(20)11-7-15/h4-5,8-9,15,19H,1-3,6-7,10-13H2. The van der Waals surface area contributed by atoms with Gasteiger partial charge in [0.05, 0.1) is 0 Å². The highest BCUT2D eigenvalue weighted by molar-refractivity contribution is 5.79. The SMILES string of the molecule is O=C1CCC(C2(c3ccc(O)cc3)CCCCC2)CC1. The van der Waals surface area contributed by atoms with Crippen LogP contribution in [0.3, 0.4) is 0 Å². The number of hydrogen-bond acceptors (Lipinski definition) is 2. The van der Waals surface area contributed by atoms with E-state index in [-0.39, 0.29) is 5.41 Å². The van der Waals surface area contributed by atoms with Crippen molar-refractivity contribution in [2.75, 3.05) is 0 Å². The molecule has 20 heavy (non-hydrogen) atoms. The Labute approximate surface area is 121 Å². The fraction of sp³-hybridized carbons (Fsp3) is 0.611. The van der Waals surface area contributed by atoms with Crippen LogP contribution in [-0.2, 0) is 10.2 Å². The highest BCUT2D eigenvalue weighted by Gasteiger charge is 2.42. The quantitative estimate of drug-likeness (QED) is 0.869. The lowest BCUT2D eigenvalue weighted by Gasteiger charge is -2.46. The highest BCUT2D eigenvalue weighted by atomic mass is 16.3. The van der Waals surface area contributed by atoms with E-state index in [2.05, 4.69) is 12.1 Å². The molecule has 0 heterocycles. The average Bonchev–Trinajstić information content (AvgIpc) is 2.49. The Morgan fingerprint density at radius 1 is 0.950 bits per heavy atom. The van der Waals surface area contributed by atoms with Gasteiger partial charge in [0.15, 0.2) is 0 Å². The molecule has 1 aromatic carbocycles. The Balaban J connectivity index is 1.91. The number of rotatable bonds is 2. The minimum atomic E-state index is 0.257. The minimum Gasteiger partial charge on any atom is -0.508 e. The summed E-state index contributed by atoms with van der Waals surface area (Å²) >= 11 is 0. The fourth-order valence-corrected chi connectivity index (χ4v) is 4.40. The van der Waals surface area contributed by atoms with Crippen LogP contribution in [0.1, 0.15) is 63.4 Å². The predicted molar refractivity (Wildman–Crippen MR) is 79.8 cm³/mol. The molecular formula is C18H24O2. The van der Waals surface area contributed by atoms with Gasteiger partial charge in [-0.25, -0.2) is 0 Å². The lowest BCUT2D eigenvalue weighted by molar-refractivity contribution is -0.121. The van der Waals surface area contributed by atoms with Crippen molar-refractivity contribution in [2.24, 2.45) is 5.92 Å². The molecule has 1 aromatic rings. The largest absolute Gasteiger partial charge is 0.508 e. The first-order valence-corrected chi connectivity index (χ1v) is 8.02. The van der Waals surface area contributed by atoms with Crippen LogP contribution in [0.15, 0.2) is 24.3 Å². The third-order valence-electron chi connectivity index (χ3n) is 5.51. The fourth-order valence-electron chi connectivity index (χ4n) is 4.40. The summed E-state index contributed by atoms with van der Waals surface area (Å²) in [6.45, 7) is 0. The van der Waals surface area contributed by atoms with E-state index in [0.29, 0.717) is 17.5 Å². The molecule has 3 rings (SSSR count). The van der Waals surface area contributed by atoms with Crippen LogP contribution in [0.25, 0.3) is 0 Å². The van der Waals surface area contributed by atoms with Crippen molar-refractivity contribution in [3.05, 3.63) is 29.8 Å². The van der Waals surface area contributed by atoms with Crippen molar-refractivity contribution in [3.8, 4) is 5.75 Å². The molecule has 0 aliphatic heterocycles. The van der Waals surface area contributed by atoms with Gasteiger partial charge in [0.2, 0.25) is 0 Å². The van der Waals surface area contributed by atoms with Crippen LogP contribution in [0.4, 0.5) is 0 Å². The van der Waals surface area contributed by atoms with Crippen molar-refractivity contribution < 1.29 is 9.90 Å². The van der Waals surface area contributed by atoms with E-state index in [1.807, 2.05) is 12.1 Å². The van der Waals surface area contributed by atoms with E-state index in [1.165, 1.54) is 37.7 Å². The number of phenolic OH excluding ortho intramolecular Hbond substituents is 1. The lowest BCUT2D eigenvalue weighted by Crippen LogP contribution is -2.39. The molecule has 0 atom stereocenters. The van der Waals surface area contributed by atoms with Crippen LogP contribution in [0.2, 0.25) is 0 Å². The van der Waals surface area contributed by atoms with Gasteiger partial charge >= 0.3 is 0 Å². The van der Waals surface area contributed by atoms with Gasteiger partial charge in [0.25, 0.3) is 0 Å². The molecule has 0 aromatic heterocycles. The summed E-state index contributed by atoms with van der Waals surface area (Å²) in [5.41, 5.74) is 1.64. The third kappa shape index (κ3) is 2.48. The Kier molecular flexibility index (Phi) is 3.82. The molecule has 0 spiro atoms. The number of carbonyl (C=O) groups is 1. The number of phenols is 1. The molecule has 0 unspecified atom stereocenters. The van der Waals surface area contributed by atoms with Crippen LogP contribution in [0.5, 0.6) is 5.75 Å². The minimum absolute atomic E-state index is 0.257. The van der Waals surface area contributed by atoms with Crippen LogP contribution >= 0.6 is 0 Å². The van der Waals surface area contributed by atoms with Crippen LogP contribution in [0, 0.1) is 5.92 Å². The maximum Gasteiger partial charge on any atom is 0.132 e. The molecule has 0 bridgehead atoms. The van der Waals surface area contributed by atoms with E-state index in [9.17, 15) is 9.90 Å². The Bertz CT molecular complexity index is 459.